The van der Waals surface area contributed by atoms with Crippen LogP contribution in [-0.4, -0.2) is 66.1 Å². The Kier molecular flexibility index (Phi) is 6.22. The minimum atomic E-state index is -0.637. The average Bonchev–Trinajstić information content (AvgIpc) is 3.62. The number of nitrogens with two attached hydrogens (primary N) is 2. The lowest BCUT2D eigenvalue weighted by atomic mass is 10.0. The van der Waals surface area contributed by atoms with E-state index in [2.05, 4.69) is 24.8 Å². The number of methoxy groups -OCH3 is 1. The summed E-state index contributed by atoms with van der Waals surface area (Å²) in [5.41, 5.74) is 13.8. The summed E-state index contributed by atoms with van der Waals surface area (Å²) in [4.78, 5) is 18.0. The number of rotatable bonds is 6. The van der Waals surface area contributed by atoms with Crippen molar-refractivity contribution in [3.63, 3.8) is 0 Å². The highest BCUT2D eigenvalue weighted by Gasteiger charge is 2.41. The number of halogens is 1. The molecule has 3 heterocycles. The summed E-state index contributed by atoms with van der Waals surface area (Å²) < 4.78 is 25.7. The SMILES string of the molecule is COC1=CC(N2CCN(c3cc(C(N)c4cc(OC5(C)CC5)c(F)cc4N)ncn3)CC2)=NCC1. The van der Waals surface area contributed by atoms with Crippen LogP contribution >= 0.6 is 0 Å². The minimum absolute atomic E-state index is 0.173. The Balaban J connectivity index is 1.29. The molecule has 4 N–H and O–H groups in total. The number of nitrogens with zero attached hydrogens (tertiary/aromatic N) is 5. The Hall–Kier alpha value is -3.40. The zero-order valence-corrected chi connectivity index (χ0v) is 20.2. The third-order valence-corrected chi connectivity index (χ3v) is 6.89. The van der Waals surface area contributed by atoms with Crippen molar-refractivity contribution in [1.29, 1.82) is 0 Å². The third-order valence-electron chi connectivity index (χ3n) is 6.89. The summed E-state index contributed by atoms with van der Waals surface area (Å²) in [6, 6.07) is 4.12. The van der Waals surface area contributed by atoms with E-state index in [1.807, 2.05) is 19.1 Å². The van der Waals surface area contributed by atoms with Crippen LogP contribution < -0.4 is 21.1 Å². The molecule has 9 nitrogen and oxygen atoms in total. The molecule has 2 fully saturated rings. The molecule has 3 aliphatic rings. The van der Waals surface area contributed by atoms with Crippen molar-refractivity contribution in [2.75, 3.05) is 50.5 Å². The van der Waals surface area contributed by atoms with Crippen LogP contribution in [0.2, 0.25) is 0 Å². The first-order valence-electron chi connectivity index (χ1n) is 12.0. The van der Waals surface area contributed by atoms with Crippen molar-refractivity contribution in [2.24, 2.45) is 10.7 Å². The molecule has 1 aromatic heterocycles. The molecule has 5 rings (SSSR count). The molecule has 0 radical (unpaired) electrons. The average molecular weight is 482 g/mol. The van der Waals surface area contributed by atoms with Gasteiger partial charge in [0, 0.05) is 68.6 Å². The molecular weight excluding hydrogens is 449 g/mol. The Morgan fingerprint density at radius 3 is 2.54 bits per heavy atom. The second-order valence-electron chi connectivity index (χ2n) is 9.52. The number of hydrogen-bond acceptors (Lipinski definition) is 9. The largest absolute Gasteiger partial charge is 0.501 e. The Morgan fingerprint density at radius 1 is 1.09 bits per heavy atom. The summed E-state index contributed by atoms with van der Waals surface area (Å²) in [5, 5.41) is 0. The van der Waals surface area contributed by atoms with Crippen LogP contribution in [0.3, 0.4) is 0 Å². The van der Waals surface area contributed by atoms with Gasteiger partial charge < -0.3 is 30.7 Å². The van der Waals surface area contributed by atoms with Gasteiger partial charge in [0.1, 0.15) is 29.3 Å². The normalized spacial score (nSPS) is 20.1. The fraction of sp³-hybridized carbons (Fsp3) is 0.480. The molecule has 10 heteroatoms. The molecule has 0 amide bonds. The zero-order valence-electron chi connectivity index (χ0n) is 20.2. The molecule has 35 heavy (non-hydrogen) atoms. The van der Waals surface area contributed by atoms with Gasteiger partial charge in [0.25, 0.3) is 0 Å². The number of hydrogen-bond donors (Lipinski definition) is 2. The van der Waals surface area contributed by atoms with Gasteiger partial charge in [-0.1, -0.05) is 0 Å². The lowest BCUT2D eigenvalue weighted by molar-refractivity contribution is 0.191. The summed E-state index contributed by atoms with van der Waals surface area (Å²) in [7, 11) is 1.70. The molecule has 2 aliphatic heterocycles. The first-order chi connectivity index (χ1) is 16.8. The number of anilines is 2. The van der Waals surface area contributed by atoms with Crippen LogP contribution in [0.1, 0.15) is 43.5 Å². The highest BCUT2D eigenvalue weighted by Crippen LogP contribution is 2.41. The number of aromatic nitrogens is 2. The second kappa shape index (κ2) is 9.33. The van der Waals surface area contributed by atoms with Crippen molar-refractivity contribution < 1.29 is 13.9 Å². The van der Waals surface area contributed by atoms with Crippen LogP contribution in [0.25, 0.3) is 0 Å². The first kappa shape index (κ1) is 23.3. The lowest BCUT2D eigenvalue weighted by Crippen LogP contribution is -2.49. The predicted octanol–water partition coefficient (Wildman–Crippen LogP) is 2.63. The fourth-order valence-electron chi connectivity index (χ4n) is 4.40. The van der Waals surface area contributed by atoms with Crippen molar-refractivity contribution in [2.45, 2.75) is 37.8 Å². The quantitative estimate of drug-likeness (QED) is 0.605. The van der Waals surface area contributed by atoms with E-state index in [0.717, 1.165) is 69.4 Å². The van der Waals surface area contributed by atoms with Crippen LogP contribution in [0.15, 0.2) is 41.4 Å². The Labute approximate surface area is 204 Å². The molecule has 0 bridgehead atoms. The number of ether oxygens (including phenoxy) is 2. The van der Waals surface area contributed by atoms with Crippen LogP contribution in [0.4, 0.5) is 15.9 Å². The fourth-order valence-corrected chi connectivity index (χ4v) is 4.40. The molecule has 186 valence electrons. The molecule has 1 saturated heterocycles. The highest BCUT2D eigenvalue weighted by molar-refractivity contribution is 5.94. The summed E-state index contributed by atoms with van der Waals surface area (Å²) in [5.74, 6) is 2.43. The molecule has 1 aliphatic carbocycles. The topological polar surface area (TPSA) is 115 Å². The van der Waals surface area contributed by atoms with Crippen molar-refractivity contribution in [1.82, 2.24) is 14.9 Å². The van der Waals surface area contributed by atoms with Crippen LogP contribution in [-0.2, 0) is 4.74 Å². The Morgan fingerprint density at radius 2 is 1.83 bits per heavy atom. The number of aliphatic imine (C=N–C) groups is 1. The highest BCUT2D eigenvalue weighted by atomic mass is 19.1. The van der Waals surface area contributed by atoms with Crippen molar-refractivity contribution in [3.8, 4) is 5.75 Å². The van der Waals surface area contributed by atoms with E-state index in [-0.39, 0.29) is 17.0 Å². The van der Waals surface area contributed by atoms with E-state index in [0.29, 0.717) is 11.3 Å². The van der Waals surface area contributed by atoms with Gasteiger partial charge in [-0.05, 0) is 25.8 Å². The smallest absolute Gasteiger partial charge is 0.167 e. The molecule has 0 spiro atoms. The predicted molar refractivity (Wildman–Crippen MR) is 133 cm³/mol. The van der Waals surface area contributed by atoms with Gasteiger partial charge in [-0.3, -0.25) is 4.99 Å². The van der Waals surface area contributed by atoms with E-state index in [9.17, 15) is 4.39 Å². The molecule has 2 aromatic rings. The van der Waals surface area contributed by atoms with Gasteiger partial charge in [0.15, 0.2) is 11.6 Å². The van der Waals surface area contributed by atoms with E-state index < -0.39 is 11.9 Å². The van der Waals surface area contributed by atoms with E-state index in [4.69, 9.17) is 20.9 Å². The summed E-state index contributed by atoms with van der Waals surface area (Å²) in [6.45, 7) is 5.93. The maximum atomic E-state index is 14.5. The summed E-state index contributed by atoms with van der Waals surface area (Å²) >= 11 is 0. The van der Waals surface area contributed by atoms with Gasteiger partial charge in [-0.15, -0.1) is 0 Å². The number of piperazine rings is 1. The van der Waals surface area contributed by atoms with Gasteiger partial charge >= 0.3 is 0 Å². The van der Waals surface area contributed by atoms with Gasteiger partial charge in [0.05, 0.1) is 18.8 Å². The molecule has 1 atom stereocenters. The zero-order chi connectivity index (χ0) is 24.6. The molecule has 1 unspecified atom stereocenters. The minimum Gasteiger partial charge on any atom is -0.501 e. The van der Waals surface area contributed by atoms with Crippen LogP contribution in [0.5, 0.6) is 5.75 Å². The number of dihydropyridines is 1. The molecule has 1 aromatic carbocycles. The van der Waals surface area contributed by atoms with Gasteiger partial charge in [-0.25, -0.2) is 14.4 Å². The number of amidine groups is 1. The number of nitrogen functional groups attached to an aromatic ring is 1. The van der Waals surface area contributed by atoms with Gasteiger partial charge in [0.2, 0.25) is 0 Å². The molecular formula is C25H32FN7O2. The first-order valence-corrected chi connectivity index (χ1v) is 12.0. The second-order valence-corrected chi connectivity index (χ2v) is 9.52. The van der Waals surface area contributed by atoms with Crippen molar-refractivity contribution in [3.05, 3.63) is 53.4 Å². The van der Waals surface area contributed by atoms with E-state index in [1.165, 1.54) is 12.4 Å². The van der Waals surface area contributed by atoms with Crippen molar-refractivity contribution >= 4 is 17.3 Å². The maximum Gasteiger partial charge on any atom is 0.167 e. The van der Waals surface area contributed by atoms with Crippen LogP contribution in [0, 0.1) is 5.82 Å². The third kappa shape index (κ3) is 5.02. The standard InChI is InChI=1S/C25H32FN7O2/c1-25(4-5-25)35-21-12-17(19(27)13-18(21)26)24(28)20-14-23(31-15-30-20)33-9-7-32(8-10-33)22-11-16(34-2)3-6-29-22/h11-15,24H,3-10,27-28H2,1-2H3. The van der Waals surface area contributed by atoms with E-state index in [1.54, 1.807) is 13.2 Å². The number of benzene rings is 1. The Bertz CT molecular complexity index is 1160. The lowest BCUT2D eigenvalue weighted by Gasteiger charge is -2.37. The maximum absolute atomic E-state index is 14.5. The van der Waals surface area contributed by atoms with E-state index >= 15 is 0 Å². The van der Waals surface area contributed by atoms with Gasteiger partial charge in [-0.2, -0.15) is 0 Å². The summed E-state index contributed by atoms with van der Waals surface area (Å²) in [6.07, 6.45) is 6.18. The monoisotopic (exact) mass is 481 g/mol. The molecule has 1 saturated carbocycles.